The number of carbonyl (C=O) groups excluding carboxylic acids is 1. The van der Waals surface area contributed by atoms with Crippen LogP contribution in [0, 0.1) is 6.92 Å². The second-order valence-corrected chi connectivity index (χ2v) is 7.56. The molecule has 136 valence electrons. The van der Waals surface area contributed by atoms with Gasteiger partial charge in [0, 0.05) is 18.0 Å². The minimum absolute atomic E-state index is 0.0181. The number of anilines is 1. The van der Waals surface area contributed by atoms with E-state index in [1.54, 1.807) is 41.1 Å². The van der Waals surface area contributed by atoms with E-state index in [4.69, 9.17) is 11.6 Å². The summed E-state index contributed by atoms with van der Waals surface area (Å²) in [6.07, 6.45) is 3.31. The first-order valence-electron chi connectivity index (χ1n) is 8.08. The van der Waals surface area contributed by atoms with Crippen molar-refractivity contribution in [3.05, 3.63) is 69.5 Å². The van der Waals surface area contributed by atoms with E-state index in [1.807, 2.05) is 19.1 Å². The van der Waals surface area contributed by atoms with Gasteiger partial charge in [-0.2, -0.15) is 4.40 Å². The molecule has 0 aliphatic heterocycles. The molecule has 0 aliphatic rings. The van der Waals surface area contributed by atoms with E-state index in [0.717, 1.165) is 10.6 Å². The Kier molecular flexibility index (Phi) is 4.51. The minimum Gasteiger partial charge on any atom is -0.839 e. The zero-order valence-corrected chi connectivity index (χ0v) is 15.8. The largest absolute Gasteiger partial charge is 0.839 e. The minimum atomic E-state index is -0.514. The van der Waals surface area contributed by atoms with Crippen molar-refractivity contribution in [2.24, 2.45) is 0 Å². The number of amides is 1. The number of pyridine rings is 2. The molecule has 1 amide bonds. The molecule has 0 bridgehead atoms. The molecule has 0 radical (unpaired) electrons. The lowest BCUT2D eigenvalue weighted by Crippen LogP contribution is -2.36. The first-order valence-corrected chi connectivity index (χ1v) is 9.27. The van der Waals surface area contributed by atoms with Crippen LogP contribution in [-0.4, -0.2) is 20.3 Å². The van der Waals surface area contributed by atoms with E-state index < -0.39 is 11.8 Å². The van der Waals surface area contributed by atoms with E-state index in [9.17, 15) is 9.90 Å². The van der Waals surface area contributed by atoms with E-state index in [0.29, 0.717) is 15.9 Å². The molecule has 0 aromatic carbocycles. The van der Waals surface area contributed by atoms with Crippen LogP contribution in [0.15, 0.2) is 48.8 Å². The number of hydrogen-bond donors (Lipinski definition) is 1. The van der Waals surface area contributed by atoms with Gasteiger partial charge in [0.1, 0.15) is 18.2 Å². The third-order valence-corrected chi connectivity index (χ3v) is 5.09. The summed E-state index contributed by atoms with van der Waals surface area (Å²) < 4.78 is 3.52. The fraction of sp³-hybridized carbons (Fsp3) is 0.111. The molecule has 4 aromatic rings. The van der Waals surface area contributed by atoms with Gasteiger partial charge in [0.05, 0.1) is 11.1 Å². The van der Waals surface area contributed by atoms with Crippen molar-refractivity contribution in [2.75, 3.05) is 5.32 Å². The van der Waals surface area contributed by atoms with Crippen LogP contribution in [-0.2, 0) is 6.54 Å². The summed E-state index contributed by atoms with van der Waals surface area (Å²) >= 11 is 7.18. The number of fused-ring (bicyclic) bond motifs is 1. The van der Waals surface area contributed by atoms with E-state index >= 15 is 0 Å². The van der Waals surface area contributed by atoms with Gasteiger partial charge in [-0.05, 0) is 25.1 Å². The maximum absolute atomic E-state index is 13.0. The molecule has 7 nitrogen and oxygen atoms in total. The zero-order chi connectivity index (χ0) is 19.0. The van der Waals surface area contributed by atoms with E-state index in [1.165, 1.54) is 15.9 Å². The Labute approximate surface area is 163 Å². The molecule has 0 saturated heterocycles. The molecule has 0 aliphatic carbocycles. The van der Waals surface area contributed by atoms with E-state index in [2.05, 4.69) is 15.3 Å². The van der Waals surface area contributed by atoms with Crippen molar-refractivity contribution in [1.29, 1.82) is 0 Å². The molecule has 27 heavy (non-hydrogen) atoms. The maximum Gasteiger partial charge on any atom is 0.300 e. The van der Waals surface area contributed by atoms with Gasteiger partial charge in [0.15, 0.2) is 4.47 Å². The van der Waals surface area contributed by atoms with Crippen LogP contribution in [0.1, 0.15) is 21.1 Å². The van der Waals surface area contributed by atoms with Crippen molar-refractivity contribution >= 4 is 40.3 Å². The molecule has 0 fully saturated rings. The van der Waals surface area contributed by atoms with Crippen molar-refractivity contribution in [1.82, 2.24) is 14.4 Å². The highest BCUT2D eigenvalue weighted by Crippen LogP contribution is 2.21. The normalized spacial score (nSPS) is 11.0. The molecule has 0 spiro atoms. The second-order valence-electron chi connectivity index (χ2n) is 5.87. The van der Waals surface area contributed by atoms with Gasteiger partial charge >= 0.3 is 0 Å². The lowest BCUT2D eigenvalue weighted by atomic mass is 10.3. The smallest absolute Gasteiger partial charge is 0.300 e. The third-order valence-electron chi connectivity index (χ3n) is 3.99. The molecule has 4 heterocycles. The van der Waals surface area contributed by atoms with Crippen LogP contribution in [0.5, 0.6) is 5.88 Å². The molecule has 0 atom stereocenters. The highest BCUT2D eigenvalue weighted by molar-refractivity contribution is 7.15. The summed E-state index contributed by atoms with van der Waals surface area (Å²) in [5, 5.41) is 15.7. The molecular weight excluding hydrogens is 386 g/mol. The monoisotopic (exact) mass is 399 g/mol. The van der Waals surface area contributed by atoms with Gasteiger partial charge < -0.3 is 10.4 Å². The standard InChI is InChI=1S/C18H14ClN5O2S/c1-11-5-4-6-13(21-11)22-16(25)15-17(26)24(10-12-9-20-18(19)27-12)14-7-2-3-8-23(14)15/h2-9H,10H2,1H3,(H-,21,22,25,26). The van der Waals surface area contributed by atoms with Gasteiger partial charge in [-0.15, -0.1) is 11.3 Å². The van der Waals surface area contributed by atoms with Crippen LogP contribution in [0.4, 0.5) is 5.82 Å². The fourth-order valence-corrected chi connectivity index (χ4v) is 3.81. The fourth-order valence-electron chi connectivity index (χ4n) is 2.84. The van der Waals surface area contributed by atoms with Crippen LogP contribution in [0.3, 0.4) is 0 Å². The topological polar surface area (TPSA) is 86.2 Å². The molecule has 0 saturated carbocycles. The van der Waals surface area contributed by atoms with Crippen molar-refractivity contribution in [3.63, 3.8) is 0 Å². The SMILES string of the molecule is Cc1cccc(NC(=O)c2c([O-])[n+](Cc3cnc(Cl)s3)c3ccccn23)n1. The lowest BCUT2D eigenvalue weighted by Gasteiger charge is -2.07. The molecule has 0 unspecified atom stereocenters. The van der Waals surface area contributed by atoms with Crippen molar-refractivity contribution < 1.29 is 14.5 Å². The maximum atomic E-state index is 13.0. The predicted octanol–water partition coefficient (Wildman–Crippen LogP) is 2.41. The molecule has 9 heteroatoms. The molecule has 4 aromatic heterocycles. The van der Waals surface area contributed by atoms with Gasteiger partial charge in [-0.1, -0.05) is 23.7 Å². The summed E-state index contributed by atoms with van der Waals surface area (Å²) in [6.45, 7) is 2.11. The Balaban J connectivity index is 1.76. The Morgan fingerprint density at radius 2 is 2.19 bits per heavy atom. The highest BCUT2D eigenvalue weighted by atomic mass is 35.5. The Morgan fingerprint density at radius 1 is 1.33 bits per heavy atom. The summed E-state index contributed by atoms with van der Waals surface area (Å²) in [6, 6.07) is 10.7. The summed E-state index contributed by atoms with van der Waals surface area (Å²) in [5.74, 6) is -0.512. The quantitative estimate of drug-likeness (QED) is 0.534. The first kappa shape index (κ1) is 17.4. The summed E-state index contributed by atoms with van der Waals surface area (Å²) in [5.41, 5.74) is 1.39. The summed E-state index contributed by atoms with van der Waals surface area (Å²) in [4.78, 5) is 21.9. The lowest BCUT2D eigenvalue weighted by molar-refractivity contribution is -0.704. The number of thiazole rings is 1. The molecular formula is C18H14ClN5O2S. The van der Waals surface area contributed by atoms with Gasteiger partial charge in [-0.25, -0.2) is 14.5 Å². The number of imidazole rings is 1. The van der Waals surface area contributed by atoms with E-state index in [-0.39, 0.29) is 12.2 Å². The Bertz CT molecular complexity index is 1150. The van der Waals surface area contributed by atoms with Crippen molar-refractivity contribution in [2.45, 2.75) is 13.5 Å². The highest BCUT2D eigenvalue weighted by Gasteiger charge is 2.26. The first-order chi connectivity index (χ1) is 13.0. The Morgan fingerprint density at radius 3 is 2.93 bits per heavy atom. The molecule has 4 rings (SSSR count). The number of nitrogens with zero attached hydrogens (tertiary/aromatic N) is 4. The van der Waals surface area contributed by atoms with Crippen molar-refractivity contribution in [3.8, 4) is 5.88 Å². The van der Waals surface area contributed by atoms with Gasteiger partial charge in [0.25, 0.3) is 11.6 Å². The second kappa shape index (κ2) is 6.98. The van der Waals surface area contributed by atoms with Crippen LogP contribution in [0.25, 0.3) is 5.65 Å². The zero-order valence-electron chi connectivity index (χ0n) is 14.2. The number of aromatic nitrogens is 4. The van der Waals surface area contributed by atoms with Gasteiger partial charge in [0.2, 0.25) is 5.69 Å². The predicted molar refractivity (Wildman–Crippen MR) is 100 cm³/mol. The van der Waals surface area contributed by atoms with Crippen LogP contribution in [0.2, 0.25) is 4.47 Å². The van der Waals surface area contributed by atoms with Crippen LogP contribution < -0.4 is 15.0 Å². The average Bonchev–Trinajstić information content (AvgIpc) is 3.17. The number of aryl methyl sites for hydroxylation is 1. The van der Waals surface area contributed by atoms with Gasteiger partial charge in [-0.3, -0.25) is 4.79 Å². The summed E-state index contributed by atoms with van der Waals surface area (Å²) in [7, 11) is 0. The number of rotatable bonds is 4. The Hall–Kier alpha value is -2.97. The number of nitrogens with one attached hydrogen (secondary N) is 1. The molecule has 1 N–H and O–H groups in total. The third kappa shape index (κ3) is 3.36. The number of hydrogen-bond acceptors (Lipinski definition) is 5. The average molecular weight is 400 g/mol. The number of halogens is 1. The van der Waals surface area contributed by atoms with Crippen LogP contribution >= 0.6 is 22.9 Å². The number of carbonyl (C=O) groups is 1.